The maximum Gasteiger partial charge on any atom is 0.439 e. The average Bonchev–Trinajstić information content (AvgIpc) is 2.87. The number of benzene rings is 1. The van der Waals surface area contributed by atoms with Gasteiger partial charge in [-0.15, -0.1) is 0 Å². The molecule has 0 bridgehead atoms. The quantitative estimate of drug-likeness (QED) is 0.180. The lowest BCUT2D eigenvalue weighted by Gasteiger charge is -2.37. The number of rotatable bonds is 3. The number of halogens is 6. The lowest BCUT2D eigenvalue weighted by molar-refractivity contribution is -0.137. The number of phenols is 1. The molecule has 210 valence electrons. The number of hydrogen-bond donors (Lipinski definition) is 3. The minimum atomic E-state index is -4.70. The van der Waals surface area contributed by atoms with Crippen molar-refractivity contribution in [3.63, 3.8) is 0 Å². The smallest absolute Gasteiger partial charge is 0.439 e. The van der Waals surface area contributed by atoms with Gasteiger partial charge < -0.3 is 19.6 Å². The summed E-state index contributed by atoms with van der Waals surface area (Å²) in [5.74, 6) is -0.508. The summed E-state index contributed by atoms with van der Waals surface area (Å²) in [6, 6.07) is 3.89. The number of thiocarbonyl (C=S) groups is 1. The fourth-order valence-corrected chi connectivity index (χ4v) is 4.63. The summed E-state index contributed by atoms with van der Waals surface area (Å²) in [6.07, 6.45) is -3.20. The second kappa shape index (κ2) is 14.0. The SMILES string of the molecule is N#Cc1ccc(O)cc1C(F)(F)F.N=C(SC(=N)C(F)(F)F)N1CCN(C(=S)COC2CCCCC2)CC1. The molecule has 0 radical (unpaired) electrons. The molecule has 38 heavy (non-hydrogen) atoms. The molecule has 2 fully saturated rings. The first-order valence-electron chi connectivity index (χ1n) is 11.6. The van der Waals surface area contributed by atoms with E-state index in [0.29, 0.717) is 43.8 Å². The van der Waals surface area contributed by atoms with Crippen molar-refractivity contribution in [2.24, 2.45) is 0 Å². The molecule has 1 aromatic rings. The van der Waals surface area contributed by atoms with Crippen LogP contribution in [-0.2, 0) is 10.9 Å². The third-order valence-corrected chi connectivity index (χ3v) is 7.06. The van der Waals surface area contributed by atoms with Crippen LogP contribution in [0, 0.1) is 22.1 Å². The number of ether oxygens (including phenoxy) is 1. The van der Waals surface area contributed by atoms with Gasteiger partial charge in [0.15, 0.2) is 10.2 Å². The van der Waals surface area contributed by atoms with Crippen LogP contribution in [0.25, 0.3) is 0 Å². The van der Waals surface area contributed by atoms with Crippen molar-refractivity contribution >= 4 is 39.2 Å². The molecule has 0 spiro atoms. The average molecular weight is 584 g/mol. The van der Waals surface area contributed by atoms with Crippen molar-refractivity contribution in [3.8, 4) is 11.8 Å². The monoisotopic (exact) mass is 583 g/mol. The van der Waals surface area contributed by atoms with Crippen molar-refractivity contribution < 1.29 is 36.2 Å². The number of phenolic OH excluding ortho intramolecular Hbond substituents is 1. The van der Waals surface area contributed by atoms with Crippen molar-refractivity contribution in [2.45, 2.75) is 50.6 Å². The van der Waals surface area contributed by atoms with Crippen LogP contribution in [0.15, 0.2) is 18.2 Å². The number of aromatic hydroxyl groups is 1. The van der Waals surface area contributed by atoms with Gasteiger partial charge in [-0.05, 0) is 42.8 Å². The van der Waals surface area contributed by atoms with Crippen LogP contribution in [0.5, 0.6) is 5.75 Å². The molecule has 3 rings (SSSR count). The van der Waals surface area contributed by atoms with E-state index >= 15 is 0 Å². The second-order valence-electron chi connectivity index (χ2n) is 8.51. The summed E-state index contributed by atoms with van der Waals surface area (Å²) in [7, 11) is 0. The van der Waals surface area contributed by atoms with E-state index in [-0.39, 0.29) is 23.0 Å². The summed E-state index contributed by atoms with van der Waals surface area (Å²) in [5, 5.41) is 30.1. The number of nitrogens with zero attached hydrogens (tertiary/aromatic N) is 3. The molecule has 7 nitrogen and oxygen atoms in total. The Bertz CT molecular complexity index is 1030. The Labute approximate surface area is 225 Å². The molecule has 1 saturated heterocycles. The first-order chi connectivity index (χ1) is 17.7. The number of thioether (sulfide) groups is 1. The maximum atomic E-state index is 12.4. The maximum absolute atomic E-state index is 12.4. The number of hydrogen-bond acceptors (Lipinski definition) is 7. The van der Waals surface area contributed by atoms with Crippen molar-refractivity contribution in [1.82, 2.24) is 9.80 Å². The number of piperazine rings is 1. The number of nitriles is 1. The molecular weight excluding hydrogens is 556 g/mol. The number of amidine groups is 1. The molecule has 1 aliphatic carbocycles. The van der Waals surface area contributed by atoms with Crippen LogP contribution in [0.4, 0.5) is 26.3 Å². The molecule has 15 heteroatoms. The van der Waals surface area contributed by atoms with Crippen LogP contribution in [0.2, 0.25) is 0 Å². The van der Waals surface area contributed by atoms with Gasteiger partial charge in [0.2, 0.25) is 0 Å². The van der Waals surface area contributed by atoms with Gasteiger partial charge in [0.25, 0.3) is 0 Å². The normalized spacial score (nSPS) is 16.8. The van der Waals surface area contributed by atoms with E-state index in [0.717, 1.165) is 25.0 Å². The van der Waals surface area contributed by atoms with E-state index in [1.165, 1.54) is 25.3 Å². The van der Waals surface area contributed by atoms with E-state index in [1.54, 1.807) is 4.90 Å². The van der Waals surface area contributed by atoms with Gasteiger partial charge in [-0.2, -0.15) is 31.6 Å². The lowest BCUT2D eigenvalue weighted by Crippen LogP contribution is -2.50. The zero-order valence-corrected chi connectivity index (χ0v) is 21.8. The Morgan fingerprint density at radius 2 is 1.63 bits per heavy atom. The lowest BCUT2D eigenvalue weighted by atomic mass is 9.98. The van der Waals surface area contributed by atoms with Crippen LogP contribution in [-0.4, -0.2) is 75.2 Å². The third kappa shape index (κ3) is 9.95. The largest absolute Gasteiger partial charge is 0.508 e. The van der Waals surface area contributed by atoms with Gasteiger partial charge in [-0.1, -0.05) is 31.5 Å². The zero-order valence-electron chi connectivity index (χ0n) is 20.2. The Kier molecular flexibility index (Phi) is 11.7. The topological polar surface area (TPSA) is 107 Å². The molecule has 1 saturated carbocycles. The predicted octanol–water partition coefficient (Wildman–Crippen LogP) is 5.77. The summed E-state index contributed by atoms with van der Waals surface area (Å²) in [4.78, 5) is 4.25. The van der Waals surface area contributed by atoms with Gasteiger partial charge in [-0.25, -0.2) is 0 Å². The summed E-state index contributed by atoms with van der Waals surface area (Å²) in [5.41, 5.74) is -1.61. The fraction of sp³-hybridized carbons (Fsp3) is 0.565. The predicted molar refractivity (Wildman–Crippen MR) is 135 cm³/mol. The first-order valence-corrected chi connectivity index (χ1v) is 12.8. The summed E-state index contributed by atoms with van der Waals surface area (Å²) >= 11 is 5.55. The highest BCUT2D eigenvalue weighted by atomic mass is 32.2. The molecule has 0 unspecified atom stereocenters. The molecule has 0 aromatic heterocycles. The molecule has 1 aliphatic heterocycles. The van der Waals surface area contributed by atoms with Crippen LogP contribution in [0.1, 0.15) is 43.2 Å². The Hall–Kier alpha value is -2.57. The van der Waals surface area contributed by atoms with Gasteiger partial charge in [0, 0.05) is 26.2 Å². The van der Waals surface area contributed by atoms with E-state index in [2.05, 4.69) is 0 Å². The summed E-state index contributed by atoms with van der Waals surface area (Å²) < 4.78 is 79.5. The molecule has 0 atom stereocenters. The molecule has 2 aliphatic rings. The summed E-state index contributed by atoms with van der Waals surface area (Å²) in [6.45, 7) is 2.34. The van der Waals surface area contributed by atoms with Crippen LogP contribution >= 0.6 is 24.0 Å². The molecule has 1 aromatic carbocycles. The Balaban J connectivity index is 0.000000328. The van der Waals surface area contributed by atoms with Crippen molar-refractivity contribution in [1.29, 1.82) is 16.1 Å². The Morgan fingerprint density at radius 3 is 2.16 bits per heavy atom. The highest BCUT2D eigenvalue weighted by Crippen LogP contribution is 2.33. The van der Waals surface area contributed by atoms with E-state index in [9.17, 15) is 26.3 Å². The number of nitrogens with one attached hydrogen (secondary N) is 2. The van der Waals surface area contributed by atoms with Crippen molar-refractivity contribution in [3.05, 3.63) is 29.3 Å². The minimum absolute atomic E-state index is 0.143. The molecule has 3 N–H and O–H groups in total. The third-order valence-electron chi connectivity index (χ3n) is 5.80. The highest BCUT2D eigenvalue weighted by molar-refractivity contribution is 8.26. The highest BCUT2D eigenvalue weighted by Gasteiger charge is 2.37. The fourth-order valence-electron chi connectivity index (χ4n) is 3.75. The van der Waals surface area contributed by atoms with E-state index in [4.69, 9.17) is 38.1 Å². The van der Waals surface area contributed by atoms with E-state index < -0.39 is 34.3 Å². The van der Waals surface area contributed by atoms with Gasteiger partial charge in [0.05, 0.1) is 29.9 Å². The van der Waals surface area contributed by atoms with Crippen molar-refractivity contribution in [2.75, 3.05) is 32.8 Å². The van der Waals surface area contributed by atoms with Gasteiger partial charge in [0.1, 0.15) is 10.7 Å². The first kappa shape index (κ1) is 31.6. The minimum Gasteiger partial charge on any atom is -0.508 e. The standard InChI is InChI=1S/C15H23F3N4OS2.C8H4F3NO/c16-15(17,18)13(19)25-14(20)22-8-6-21(7-9-22)12(24)10-23-11-4-2-1-3-5-11;9-8(10,11)7-3-6(13)2-1-5(7)4-12/h11,19-20H,1-10H2;1-3,13H. The van der Waals surface area contributed by atoms with Crippen LogP contribution < -0.4 is 0 Å². The molecule has 1 heterocycles. The van der Waals surface area contributed by atoms with E-state index in [1.807, 2.05) is 4.90 Å². The van der Waals surface area contributed by atoms with Crippen LogP contribution in [0.3, 0.4) is 0 Å². The van der Waals surface area contributed by atoms with Gasteiger partial charge in [-0.3, -0.25) is 10.8 Å². The Morgan fingerprint density at radius 1 is 1.05 bits per heavy atom. The second-order valence-corrected chi connectivity index (χ2v) is 9.98. The molecule has 0 amide bonds. The number of alkyl halides is 6. The van der Waals surface area contributed by atoms with Gasteiger partial charge >= 0.3 is 12.4 Å². The molecular formula is C23H27F6N5O2S2. The zero-order chi connectivity index (χ0) is 28.5.